The molecule has 0 saturated heterocycles. The molecule has 0 aromatic carbocycles. The lowest BCUT2D eigenvalue weighted by molar-refractivity contribution is 0.981. The Labute approximate surface area is 108 Å². The van der Waals surface area contributed by atoms with E-state index in [0.717, 1.165) is 11.4 Å². The first-order chi connectivity index (χ1) is 9.22. The van der Waals surface area contributed by atoms with E-state index in [0.29, 0.717) is 23.5 Å². The van der Waals surface area contributed by atoms with Gasteiger partial charge in [-0.3, -0.25) is 19.9 Å². The summed E-state index contributed by atoms with van der Waals surface area (Å²) in [7, 11) is 0. The van der Waals surface area contributed by atoms with Gasteiger partial charge in [0.1, 0.15) is 5.39 Å². The number of aromatic amines is 2. The third kappa shape index (κ3) is 2.30. The summed E-state index contributed by atoms with van der Waals surface area (Å²) in [5, 5.41) is 9.93. The molecule has 3 aromatic rings. The van der Waals surface area contributed by atoms with Crippen LogP contribution in [-0.4, -0.2) is 25.1 Å². The van der Waals surface area contributed by atoms with Crippen LogP contribution in [0, 0.1) is 6.92 Å². The molecule has 0 saturated carbocycles. The fraction of sp³-hybridized carbons (Fsp3) is 0.167. The minimum absolute atomic E-state index is 0.224. The maximum Gasteiger partial charge on any atom is 0.263 e. The molecule has 19 heavy (non-hydrogen) atoms. The zero-order valence-corrected chi connectivity index (χ0v) is 10.3. The van der Waals surface area contributed by atoms with Gasteiger partial charge in [-0.05, 0) is 19.1 Å². The molecular weight excluding hydrogens is 244 g/mol. The molecule has 0 aliphatic heterocycles. The van der Waals surface area contributed by atoms with Gasteiger partial charge in [-0.25, -0.2) is 0 Å². The topological polar surface area (TPSA) is 99.4 Å². The lowest BCUT2D eigenvalue weighted by Crippen LogP contribution is -2.13. The number of rotatable bonds is 3. The molecule has 7 nitrogen and oxygen atoms in total. The van der Waals surface area contributed by atoms with E-state index in [1.807, 2.05) is 25.1 Å². The second-order valence-corrected chi connectivity index (χ2v) is 4.17. The Balaban J connectivity index is 1.83. The fourth-order valence-corrected chi connectivity index (χ4v) is 1.80. The number of hydrogen-bond donors (Lipinski definition) is 3. The number of aryl methyl sites for hydroxylation is 1. The van der Waals surface area contributed by atoms with Gasteiger partial charge in [0.15, 0.2) is 5.65 Å². The van der Waals surface area contributed by atoms with Gasteiger partial charge < -0.3 is 5.32 Å². The van der Waals surface area contributed by atoms with Gasteiger partial charge in [0.05, 0.1) is 18.4 Å². The molecule has 0 bridgehead atoms. The predicted molar refractivity (Wildman–Crippen MR) is 70.8 cm³/mol. The van der Waals surface area contributed by atoms with Crippen molar-refractivity contribution in [2.45, 2.75) is 13.5 Å². The van der Waals surface area contributed by atoms with E-state index in [1.165, 1.54) is 6.20 Å². The van der Waals surface area contributed by atoms with Crippen molar-refractivity contribution in [2.24, 2.45) is 0 Å². The Morgan fingerprint density at radius 1 is 1.32 bits per heavy atom. The summed E-state index contributed by atoms with van der Waals surface area (Å²) < 4.78 is 0. The molecule has 0 fully saturated rings. The Kier molecular flexibility index (Phi) is 2.71. The van der Waals surface area contributed by atoms with E-state index in [1.54, 1.807) is 0 Å². The zero-order valence-electron chi connectivity index (χ0n) is 10.3. The van der Waals surface area contributed by atoms with Crippen molar-refractivity contribution in [3.05, 3.63) is 46.1 Å². The summed E-state index contributed by atoms with van der Waals surface area (Å²) >= 11 is 0. The van der Waals surface area contributed by atoms with E-state index in [9.17, 15) is 4.79 Å². The van der Waals surface area contributed by atoms with Gasteiger partial charge in [0.2, 0.25) is 5.95 Å². The molecule has 0 aliphatic carbocycles. The molecule has 3 N–H and O–H groups in total. The Bertz CT molecular complexity index is 775. The highest BCUT2D eigenvalue weighted by Crippen LogP contribution is 2.05. The number of nitrogens with one attached hydrogen (secondary N) is 3. The molecule has 3 heterocycles. The third-order valence-corrected chi connectivity index (χ3v) is 2.70. The van der Waals surface area contributed by atoms with Crippen LogP contribution in [-0.2, 0) is 6.54 Å². The molecule has 96 valence electrons. The lowest BCUT2D eigenvalue weighted by Gasteiger charge is -2.05. The molecule has 0 spiro atoms. The Morgan fingerprint density at radius 3 is 3.05 bits per heavy atom. The van der Waals surface area contributed by atoms with E-state index < -0.39 is 0 Å². The van der Waals surface area contributed by atoms with Crippen LogP contribution in [0.25, 0.3) is 11.0 Å². The van der Waals surface area contributed by atoms with Gasteiger partial charge in [-0.2, -0.15) is 10.1 Å². The van der Waals surface area contributed by atoms with Crippen LogP contribution in [0.1, 0.15) is 11.4 Å². The Hall–Kier alpha value is -2.70. The Morgan fingerprint density at radius 2 is 2.21 bits per heavy atom. The van der Waals surface area contributed by atoms with Crippen molar-refractivity contribution >= 4 is 17.0 Å². The largest absolute Gasteiger partial charge is 0.350 e. The number of nitrogens with zero attached hydrogens (tertiary/aromatic N) is 3. The van der Waals surface area contributed by atoms with Gasteiger partial charge in [0.25, 0.3) is 5.56 Å². The SMILES string of the molecule is Cc1cccc(CNc2nc3[nH]ncc3c(=O)[nH]2)n1. The highest BCUT2D eigenvalue weighted by molar-refractivity contribution is 5.73. The van der Waals surface area contributed by atoms with Gasteiger partial charge in [-0.1, -0.05) is 6.07 Å². The molecule has 3 rings (SSSR count). The van der Waals surface area contributed by atoms with Crippen molar-refractivity contribution in [2.75, 3.05) is 5.32 Å². The first kappa shape index (κ1) is 11.4. The van der Waals surface area contributed by atoms with Gasteiger partial charge in [-0.15, -0.1) is 0 Å². The maximum absolute atomic E-state index is 11.7. The first-order valence-electron chi connectivity index (χ1n) is 5.82. The van der Waals surface area contributed by atoms with Crippen molar-refractivity contribution in [3.63, 3.8) is 0 Å². The van der Waals surface area contributed by atoms with Crippen LogP contribution < -0.4 is 10.9 Å². The van der Waals surface area contributed by atoms with Crippen LogP contribution in [0.5, 0.6) is 0 Å². The fourth-order valence-electron chi connectivity index (χ4n) is 1.80. The van der Waals surface area contributed by atoms with Crippen LogP contribution in [0.15, 0.2) is 29.2 Å². The summed E-state index contributed by atoms with van der Waals surface area (Å²) in [4.78, 5) is 23.0. The highest BCUT2D eigenvalue weighted by Gasteiger charge is 2.05. The number of fused-ring (bicyclic) bond motifs is 1. The monoisotopic (exact) mass is 256 g/mol. The van der Waals surface area contributed by atoms with Gasteiger partial charge in [0, 0.05) is 5.69 Å². The molecule has 0 amide bonds. The van der Waals surface area contributed by atoms with Crippen LogP contribution in [0.4, 0.5) is 5.95 Å². The van der Waals surface area contributed by atoms with Crippen molar-refractivity contribution in [3.8, 4) is 0 Å². The highest BCUT2D eigenvalue weighted by atomic mass is 16.1. The van der Waals surface area contributed by atoms with Crippen molar-refractivity contribution in [1.82, 2.24) is 25.1 Å². The average Bonchev–Trinajstić information content (AvgIpc) is 2.85. The zero-order chi connectivity index (χ0) is 13.2. The van der Waals surface area contributed by atoms with Crippen LogP contribution >= 0.6 is 0 Å². The second-order valence-electron chi connectivity index (χ2n) is 4.17. The molecule has 3 aromatic heterocycles. The quantitative estimate of drug-likeness (QED) is 0.648. The normalized spacial score (nSPS) is 10.8. The van der Waals surface area contributed by atoms with Gasteiger partial charge >= 0.3 is 0 Å². The minimum atomic E-state index is -0.224. The summed E-state index contributed by atoms with van der Waals surface area (Å²) in [6.07, 6.45) is 1.45. The lowest BCUT2D eigenvalue weighted by atomic mass is 10.3. The number of H-pyrrole nitrogens is 2. The third-order valence-electron chi connectivity index (χ3n) is 2.70. The molecule has 0 radical (unpaired) electrons. The van der Waals surface area contributed by atoms with E-state index >= 15 is 0 Å². The molecule has 0 unspecified atom stereocenters. The number of hydrogen-bond acceptors (Lipinski definition) is 5. The number of pyridine rings is 1. The van der Waals surface area contributed by atoms with Crippen molar-refractivity contribution < 1.29 is 0 Å². The molecule has 7 heteroatoms. The smallest absolute Gasteiger partial charge is 0.263 e. The standard InChI is InChI=1S/C12H12N6O/c1-7-3-2-4-8(15-7)5-13-12-16-10-9(6-14-18-10)11(19)17-12/h2-4,6H,5H2,1H3,(H3,13,14,16,17,18,19). The maximum atomic E-state index is 11.7. The second kappa shape index (κ2) is 4.52. The van der Waals surface area contributed by atoms with Crippen molar-refractivity contribution in [1.29, 1.82) is 0 Å². The molecular formula is C12H12N6O. The first-order valence-corrected chi connectivity index (χ1v) is 5.82. The van der Waals surface area contributed by atoms with E-state index in [-0.39, 0.29) is 5.56 Å². The van der Waals surface area contributed by atoms with E-state index in [2.05, 4.69) is 30.5 Å². The average molecular weight is 256 g/mol. The van der Waals surface area contributed by atoms with Crippen LogP contribution in [0.2, 0.25) is 0 Å². The predicted octanol–water partition coefficient (Wildman–Crippen LogP) is 0.962. The molecule has 0 atom stereocenters. The van der Waals surface area contributed by atoms with Crippen LogP contribution in [0.3, 0.4) is 0 Å². The summed E-state index contributed by atoms with van der Waals surface area (Å²) in [6.45, 7) is 2.42. The number of aromatic nitrogens is 5. The summed E-state index contributed by atoms with van der Waals surface area (Å²) in [6, 6.07) is 5.78. The van der Waals surface area contributed by atoms with E-state index in [4.69, 9.17) is 0 Å². The summed E-state index contributed by atoms with van der Waals surface area (Å²) in [5.74, 6) is 0.394. The minimum Gasteiger partial charge on any atom is -0.350 e. The summed E-state index contributed by atoms with van der Waals surface area (Å²) in [5.41, 5.74) is 2.07. The molecule has 0 aliphatic rings. The number of anilines is 1.